The molecule has 1 aliphatic heterocycles. The molecule has 2 aliphatic rings. The standard InChI is InChI=1S/C15H26N4S/c1-14(2)4-3-5-15(14,12-16)19-9-7-18(8-10-19)13-17-6-11-20-13/h6,11H,3-5,7-10,12,16H2,1-2H3. The SMILES string of the molecule is CC1(C)CCCC1(CN)N1CCN(c2nccs2)CC1. The third-order valence-electron chi connectivity index (χ3n) is 5.56. The lowest BCUT2D eigenvalue weighted by molar-refractivity contribution is 0.00881. The number of nitrogens with two attached hydrogens (primary N) is 1. The molecule has 1 saturated heterocycles. The second-order valence-corrected chi connectivity index (χ2v) is 7.63. The van der Waals surface area contributed by atoms with Crippen LogP contribution in [0.2, 0.25) is 0 Å². The molecule has 2 N–H and O–H groups in total. The zero-order chi connectivity index (χ0) is 14.2. The van der Waals surface area contributed by atoms with E-state index in [1.807, 2.05) is 6.20 Å². The van der Waals surface area contributed by atoms with Gasteiger partial charge in [-0.15, -0.1) is 11.3 Å². The molecule has 0 aromatic carbocycles. The number of thiazole rings is 1. The van der Waals surface area contributed by atoms with Gasteiger partial charge in [0.15, 0.2) is 5.13 Å². The fraction of sp³-hybridized carbons (Fsp3) is 0.800. The predicted molar refractivity (Wildman–Crippen MR) is 85.3 cm³/mol. The molecule has 5 heteroatoms. The van der Waals surface area contributed by atoms with Crippen LogP contribution in [0.5, 0.6) is 0 Å². The average Bonchev–Trinajstić information content (AvgIpc) is 3.07. The lowest BCUT2D eigenvalue weighted by Gasteiger charge is -2.52. The number of nitrogens with zero attached hydrogens (tertiary/aromatic N) is 3. The van der Waals surface area contributed by atoms with E-state index in [1.165, 1.54) is 19.3 Å². The van der Waals surface area contributed by atoms with Crippen LogP contribution in [0.3, 0.4) is 0 Å². The molecule has 0 spiro atoms. The Labute approximate surface area is 126 Å². The summed E-state index contributed by atoms with van der Waals surface area (Å²) < 4.78 is 0. The predicted octanol–water partition coefficient (Wildman–Crippen LogP) is 2.17. The maximum absolute atomic E-state index is 6.24. The van der Waals surface area contributed by atoms with Crippen LogP contribution in [-0.4, -0.2) is 48.1 Å². The van der Waals surface area contributed by atoms with Gasteiger partial charge in [0.1, 0.15) is 0 Å². The highest BCUT2D eigenvalue weighted by atomic mass is 32.1. The normalized spacial score (nSPS) is 30.9. The highest BCUT2D eigenvalue weighted by Gasteiger charge is 2.51. The third-order valence-corrected chi connectivity index (χ3v) is 6.40. The van der Waals surface area contributed by atoms with Gasteiger partial charge >= 0.3 is 0 Å². The number of piperazine rings is 1. The van der Waals surface area contributed by atoms with Gasteiger partial charge in [-0.2, -0.15) is 0 Å². The molecule has 1 atom stereocenters. The summed E-state index contributed by atoms with van der Waals surface area (Å²) >= 11 is 1.74. The molecule has 1 unspecified atom stereocenters. The van der Waals surface area contributed by atoms with E-state index in [-0.39, 0.29) is 5.54 Å². The zero-order valence-corrected chi connectivity index (χ0v) is 13.5. The van der Waals surface area contributed by atoms with E-state index in [1.54, 1.807) is 11.3 Å². The fourth-order valence-corrected chi connectivity index (χ4v) is 4.88. The van der Waals surface area contributed by atoms with Crippen molar-refractivity contribution in [3.05, 3.63) is 11.6 Å². The Morgan fingerprint density at radius 3 is 2.50 bits per heavy atom. The summed E-state index contributed by atoms with van der Waals surface area (Å²) in [5.41, 5.74) is 6.79. The summed E-state index contributed by atoms with van der Waals surface area (Å²) in [5.74, 6) is 0. The van der Waals surface area contributed by atoms with Crippen molar-refractivity contribution in [3.63, 3.8) is 0 Å². The number of hydrogen-bond donors (Lipinski definition) is 1. The van der Waals surface area contributed by atoms with Crippen molar-refractivity contribution in [2.75, 3.05) is 37.6 Å². The quantitative estimate of drug-likeness (QED) is 0.928. The van der Waals surface area contributed by atoms with Gasteiger partial charge in [0.05, 0.1) is 0 Å². The molecule has 20 heavy (non-hydrogen) atoms. The van der Waals surface area contributed by atoms with Gasteiger partial charge in [0, 0.05) is 49.8 Å². The molecular formula is C15H26N4S. The first-order chi connectivity index (χ1) is 9.59. The Hall–Kier alpha value is -0.650. The van der Waals surface area contributed by atoms with E-state index in [0.717, 1.165) is 37.9 Å². The van der Waals surface area contributed by atoms with Crippen molar-refractivity contribution in [1.82, 2.24) is 9.88 Å². The highest BCUT2D eigenvalue weighted by Crippen LogP contribution is 2.49. The molecule has 2 fully saturated rings. The van der Waals surface area contributed by atoms with E-state index >= 15 is 0 Å². The van der Waals surface area contributed by atoms with Crippen molar-refractivity contribution in [2.24, 2.45) is 11.1 Å². The van der Waals surface area contributed by atoms with Gasteiger partial charge in [-0.3, -0.25) is 4.90 Å². The minimum absolute atomic E-state index is 0.210. The summed E-state index contributed by atoms with van der Waals surface area (Å²) in [6.45, 7) is 9.97. The average molecular weight is 294 g/mol. The van der Waals surface area contributed by atoms with Gasteiger partial charge in [-0.25, -0.2) is 4.98 Å². The van der Waals surface area contributed by atoms with Crippen molar-refractivity contribution < 1.29 is 0 Å². The topological polar surface area (TPSA) is 45.4 Å². The molecule has 112 valence electrons. The van der Waals surface area contributed by atoms with Crippen LogP contribution in [0, 0.1) is 5.41 Å². The second kappa shape index (κ2) is 5.28. The number of rotatable bonds is 3. The first-order valence-electron chi connectivity index (χ1n) is 7.69. The van der Waals surface area contributed by atoms with Crippen LogP contribution in [0.15, 0.2) is 11.6 Å². The fourth-order valence-electron chi connectivity index (χ4n) is 4.19. The minimum Gasteiger partial charge on any atom is -0.346 e. The van der Waals surface area contributed by atoms with Gasteiger partial charge in [0.25, 0.3) is 0 Å². The lowest BCUT2D eigenvalue weighted by atomic mass is 9.73. The zero-order valence-electron chi connectivity index (χ0n) is 12.6. The van der Waals surface area contributed by atoms with E-state index in [2.05, 4.69) is 34.0 Å². The number of anilines is 1. The Morgan fingerprint density at radius 2 is 2.00 bits per heavy atom. The summed E-state index contributed by atoms with van der Waals surface area (Å²) in [6, 6.07) is 0. The highest BCUT2D eigenvalue weighted by molar-refractivity contribution is 7.13. The third kappa shape index (κ3) is 2.16. The monoisotopic (exact) mass is 294 g/mol. The Bertz CT molecular complexity index is 437. The summed E-state index contributed by atoms with van der Waals surface area (Å²) in [7, 11) is 0. The van der Waals surface area contributed by atoms with Crippen LogP contribution in [0.25, 0.3) is 0 Å². The van der Waals surface area contributed by atoms with E-state index < -0.39 is 0 Å². The maximum atomic E-state index is 6.24. The Morgan fingerprint density at radius 1 is 1.25 bits per heavy atom. The molecule has 0 bridgehead atoms. The van der Waals surface area contributed by atoms with Crippen LogP contribution < -0.4 is 10.6 Å². The summed E-state index contributed by atoms with van der Waals surface area (Å²) in [5, 5.41) is 3.22. The minimum atomic E-state index is 0.210. The maximum Gasteiger partial charge on any atom is 0.185 e. The van der Waals surface area contributed by atoms with Crippen molar-refractivity contribution in [3.8, 4) is 0 Å². The molecule has 3 rings (SSSR count). The smallest absolute Gasteiger partial charge is 0.185 e. The molecule has 0 amide bonds. The van der Waals surface area contributed by atoms with Crippen LogP contribution >= 0.6 is 11.3 Å². The van der Waals surface area contributed by atoms with Crippen LogP contribution in [-0.2, 0) is 0 Å². The molecular weight excluding hydrogens is 268 g/mol. The molecule has 2 heterocycles. The van der Waals surface area contributed by atoms with E-state index in [0.29, 0.717) is 5.41 Å². The molecule has 1 saturated carbocycles. The van der Waals surface area contributed by atoms with Crippen molar-refractivity contribution in [1.29, 1.82) is 0 Å². The lowest BCUT2D eigenvalue weighted by Crippen LogP contribution is -2.64. The van der Waals surface area contributed by atoms with Crippen molar-refractivity contribution >= 4 is 16.5 Å². The first-order valence-corrected chi connectivity index (χ1v) is 8.57. The molecule has 1 aromatic heterocycles. The van der Waals surface area contributed by atoms with Crippen LogP contribution in [0.1, 0.15) is 33.1 Å². The number of hydrogen-bond acceptors (Lipinski definition) is 5. The van der Waals surface area contributed by atoms with Crippen molar-refractivity contribution in [2.45, 2.75) is 38.6 Å². The molecule has 0 radical (unpaired) electrons. The van der Waals surface area contributed by atoms with Gasteiger partial charge in [-0.05, 0) is 18.3 Å². The number of aromatic nitrogens is 1. The van der Waals surface area contributed by atoms with Gasteiger partial charge in [-0.1, -0.05) is 20.3 Å². The first kappa shape index (κ1) is 14.3. The molecule has 4 nitrogen and oxygen atoms in total. The molecule has 1 aliphatic carbocycles. The Balaban J connectivity index is 1.71. The second-order valence-electron chi connectivity index (χ2n) is 6.76. The largest absolute Gasteiger partial charge is 0.346 e. The van der Waals surface area contributed by atoms with Gasteiger partial charge < -0.3 is 10.6 Å². The Kier molecular flexibility index (Phi) is 3.77. The molecule has 1 aromatic rings. The van der Waals surface area contributed by atoms with E-state index in [9.17, 15) is 0 Å². The summed E-state index contributed by atoms with van der Waals surface area (Å²) in [6.07, 6.45) is 5.77. The van der Waals surface area contributed by atoms with E-state index in [4.69, 9.17) is 5.73 Å². The van der Waals surface area contributed by atoms with Crippen LogP contribution in [0.4, 0.5) is 5.13 Å². The van der Waals surface area contributed by atoms with Gasteiger partial charge in [0.2, 0.25) is 0 Å². The summed E-state index contributed by atoms with van der Waals surface area (Å²) in [4.78, 5) is 9.51.